The van der Waals surface area contributed by atoms with Crippen LogP contribution in [0.3, 0.4) is 0 Å². The van der Waals surface area contributed by atoms with Crippen molar-refractivity contribution >= 4 is 5.91 Å². The van der Waals surface area contributed by atoms with Gasteiger partial charge >= 0.3 is 0 Å². The minimum Gasteiger partial charge on any atom is -0.374 e. The average molecular weight is 295 g/mol. The first-order chi connectivity index (χ1) is 10.2. The molecule has 5 nitrogen and oxygen atoms in total. The molecule has 3 rings (SSSR count). The number of hydrogen-bond acceptors (Lipinski definition) is 4. The summed E-state index contributed by atoms with van der Waals surface area (Å²) in [6.45, 7) is 5.79. The van der Waals surface area contributed by atoms with Crippen LogP contribution in [0.2, 0.25) is 0 Å². The lowest BCUT2D eigenvalue weighted by molar-refractivity contribution is -0.123. The third-order valence-electron chi connectivity index (χ3n) is 5.21. The molecule has 3 unspecified atom stereocenters. The van der Waals surface area contributed by atoms with Crippen molar-refractivity contribution in [3.05, 3.63) is 0 Å². The summed E-state index contributed by atoms with van der Waals surface area (Å²) < 4.78 is 5.92. The van der Waals surface area contributed by atoms with Gasteiger partial charge in [0, 0.05) is 25.2 Å². The quantitative estimate of drug-likeness (QED) is 0.791. The Balaban J connectivity index is 1.36. The van der Waals surface area contributed by atoms with E-state index >= 15 is 0 Å². The van der Waals surface area contributed by atoms with Gasteiger partial charge in [0.25, 0.3) is 0 Å². The maximum atomic E-state index is 12.1. The number of nitrogens with zero attached hydrogens (tertiary/aromatic N) is 1. The number of carbonyl (C=O) groups excluding carboxylic acids is 1. The molecule has 0 radical (unpaired) electrons. The standard InChI is InChI=1S/C16H29N3O2/c1-12(16(20)18-13-5-2-3-6-13)17-9-15-10-19-8-4-7-14(19)11-21-15/h12-15,17H,2-11H2,1H3,(H,18,20). The first-order valence-electron chi connectivity index (χ1n) is 8.62. The number of fused-ring (bicyclic) bond motifs is 1. The Labute approximate surface area is 127 Å². The average Bonchev–Trinajstić information content (AvgIpc) is 3.14. The molecule has 1 aliphatic carbocycles. The van der Waals surface area contributed by atoms with Crippen molar-refractivity contribution in [3.8, 4) is 0 Å². The molecule has 1 saturated carbocycles. The van der Waals surface area contributed by atoms with E-state index in [4.69, 9.17) is 4.74 Å². The summed E-state index contributed by atoms with van der Waals surface area (Å²) in [7, 11) is 0. The maximum Gasteiger partial charge on any atom is 0.237 e. The summed E-state index contributed by atoms with van der Waals surface area (Å²) in [5.74, 6) is 0.136. The molecule has 21 heavy (non-hydrogen) atoms. The zero-order valence-corrected chi connectivity index (χ0v) is 13.1. The highest BCUT2D eigenvalue weighted by molar-refractivity contribution is 5.81. The largest absolute Gasteiger partial charge is 0.374 e. The number of hydrogen-bond donors (Lipinski definition) is 2. The second-order valence-electron chi connectivity index (χ2n) is 6.87. The van der Waals surface area contributed by atoms with Crippen LogP contribution in [0.15, 0.2) is 0 Å². The van der Waals surface area contributed by atoms with Crippen LogP contribution >= 0.6 is 0 Å². The van der Waals surface area contributed by atoms with E-state index in [1.807, 2.05) is 6.92 Å². The van der Waals surface area contributed by atoms with Gasteiger partial charge in [-0.2, -0.15) is 0 Å². The summed E-state index contributed by atoms with van der Waals surface area (Å²) in [5.41, 5.74) is 0. The smallest absolute Gasteiger partial charge is 0.237 e. The topological polar surface area (TPSA) is 53.6 Å². The van der Waals surface area contributed by atoms with Gasteiger partial charge in [0.2, 0.25) is 5.91 Å². The summed E-state index contributed by atoms with van der Waals surface area (Å²) in [6, 6.07) is 0.910. The molecule has 0 aromatic carbocycles. The number of carbonyl (C=O) groups is 1. The van der Waals surface area contributed by atoms with Gasteiger partial charge in [-0.05, 0) is 39.2 Å². The summed E-state index contributed by atoms with van der Waals surface area (Å²) in [6.07, 6.45) is 7.58. The third kappa shape index (κ3) is 3.96. The van der Waals surface area contributed by atoms with Gasteiger partial charge in [-0.3, -0.25) is 9.69 Å². The lowest BCUT2D eigenvalue weighted by Crippen LogP contribution is -2.52. The highest BCUT2D eigenvalue weighted by Crippen LogP contribution is 2.22. The molecule has 120 valence electrons. The molecule has 0 aromatic heterocycles. The Morgan fingerprint density at radius 1 is 1.29 bits per heavy atom. The fraction of sp³-hybridized carbons (Fsp3) is 0.938. The Morgan fingerprint density at radius 3 is 2.90 bits per heavy atom. The molecular formula is C16H29N3O2. The van der Waals surface area contributed by atoms with Gasteiger partial charge in [0.1, 0.15) is 0 Å². The van der Waals surface area contributed by atoms with Crippen LogP contribution in [0.4, 0.5) is 0 Å². The molecule has 3 aliphatic rings. The zero-order chi connectivity index (χ0) is 14.7. The van der Waals surface area contributed by atoms with E-state index in [-0.39, 0.29) is 18.1 Å². The van der Waals surface area contributed by atoms with E-state index in [1.54, 1.807) is 0 Å². The van der Waals surface area contributed by atoms with Crippen molar-refractivity contribution in [1.29, 1.82) is 0 Å². The molecule has 2 saturated heterocycles. The van der Waals surface area contributed by atoms with E-state index in [9.17, 15) is 4.79 Å². The molecule has 0 aromatic rings. The molecule has 0 spiro atoms. The number of morpholine rings is 1. The number of ether oxygens (including phenoxy) is 1. The maximum absolute atomic E-state index is 12.1. The van der Waals surface area contributed by atoms with Crippen molar-refractivity contribution in [1.82, 2.24) is 15.5 Å². The van der Waals surface area contributed by atoms with Gasteiger partial charge in [-0.1, -0.05) is 12.8 Å². The van der Waals surface area contributed by atoms with E-state index in [2.05, 4.69) is 15.5 Å². The predicted octanol–water partition coefficient (Wildman–Crippen LogP) is 0.887. The Bertz CT molecular complexity index is 357. The van der Waals surface area contributed by atoms with Gasteiger partial charge < -0.3 is 15.4 Å². The van der Waals surface area contributed by atoms with Crippen LogP contribution < -0.4 is 10.6 Å². The summed E-state index contributed by atoms with van der Waals surface area (Å²) in [4.78, 5) is 14.7. The fourth-order valence-corrected chi connectivity index (χ4v) is 3.81. The lowest BCUT2D eigenvalue weighted by Gasteiger charge is -2.35. The number of rotatable bonds is 5. The molecule has 1 amide bonds. The molecular weight excluding hydrogens is 266 g/mol. The SMILES string of the molecule is CC(NCC1CN2CCCC2CO1)C(=O)NC1CCCC1. The van der Waals surface area contributed by atoms with Crippen LogP contribution in [0.25, 0.3) is 0 Å². The van der Waals surface area contributed by atoms with Gasteiger partial charge in [0.05, 0.1) is 18.8 Å². The van der Waals surface area contributed by atoms with E-state index in [0.717, 1.165) is 32.5 Å². The summed E-state index contributed by atoms with van der Waals surface area (Å²) >= 11 is 0. The molecule has 3 fully saturated rings. The molecule has 2 heterocycles. The van der Waals surface area contributed by atoms with Crippen LogP contribution in [0.5, 0.6) is 0 Å². The van der Waals surface area contributed by atoms with Crippen LogP contribution in [0.1, 0.15) is 45.4 Å². The van der Waals surface area contributed by atoms with Crippen molar-refractivity contribution in [2.75, 3.05) is 26.2 Å². The van der Waals surface area contributed by atoms with Gasteiger partial charge in [-0.15, -0.1) is 0 Å². The highest BCUT2D eigenvalue weighted by atomic mass is 16.5. The van der Waals surface area contributed by atoms with E-state index in [0.29, 0.717) is 12.1 Å². The van der Waals surface area contributed by atoms with E-state index in [1.165, 1.54) is 32.2 Å². The first-order valence-corrected chi connectivity index (χ1v) is 8.62. The first kappa shape index (κ1) is 15.3. The second-order valence-corrected chi connectivity index (χ2v) is 6.87. The van der Waals surface area contributed by atoms with Crippen molar-refractivity contribution < 1.29 is 9.53 Å². The van der Waals surface area contributed by atoms with Crippen LogP contribution in [0, 0.1) is 0 Å². The van der Waals surface area contributed by atoms with Crippen LogP contribution in [-0.2, 0) is 9.53 Å². The summed E-state index contributed by atoms with van der Waals surface area (Å²) in [5, 5.41) is 6.49. The fourth-order valence-electron chi connectivity index (χ4n) is 3.81. The van der Waals surface area contributed by atoms with Gasteiger partial charge in [-0.25, -0.2) is 0 Å². The molecule has 5 heteroatoms. The third-order valence-corrected chi connectivity index (χ3v) is 5.21. The van der Waals surface area contributed by atoms with Crippen molar-refractivity contribution in [2.45, 2.75) is 69.7 Å². The monoisotopic (exact) mass is 295 g/mol. The van der Waals surface area contributed by atoms with E-state index < -0.39 is 0 Å². The molecule has 3 atom stereocenters. The normalized spacial score (nSPS) is 32.0. The Hall–Kier alpha value is -0.650. The number of amides is 1. The van der Waals surface area contributed by atoms with Crippen molar-refractivity contribution in [2.24, 2.45) is 0 Å². The van der Waals surface area contributed by atoms with Crippen LogP contribution in [-0.4, -0.2) is 61.3 Å². The molecule has 0 bridgehead atoms. The van der Waals surface area contributed by atoms with Gasteiger partial charge in [0.15, 0.2) is 0 Å². The molecule has 2 N–H and O–H groups in total. The second kappa shape index (κ2) is 7.07. The Morgan fingerprint density at radius 2 is 2.10 bits per heavy atom. The van der Waals surface area contributed by atoms with Crippen molar-refractivity contribution in [3.63, 3.8) is 0 Å². The predicted molar refractivity (Wildman–Crippen MR) is 82.2 cm³/mol. The Kier molecular flexibility index (Phi) is 5.14. The molecule has 2 aliphatic heterocycles. The minimum atomic E-state index is -0.134. The highest BCUT2D eigenvalue weighted by Gasteiger charge is 2.32. The zero-order valence-electron chi connectivity index (χ0n) is 13.1. The number of nitrogens with one attached hydrogen (secondary N) is 2. The lowest BCUT2D eigenvalue weighted by atomic mass is 10.1. The minimum absolute atomic E-state index is 0.134.